The van der Waals surface area contributed by atoms with Crippen molar-refractivity contribution in [3.05, 3.63) is 63.3 Å². The van der Waals surface area contributed by atoms with Gasteiger partial charge in [-0.25, -0.2) is 18.2 Å². The smallest absolute Gasteiger partial charge is 0.314 e. The van der Waals surface area contributed by atoms with Gasteiger partial charge in [0.05, 0.1) is 29.4 Å². The second-order valence-electron chi connectivity index (χ2n) is 5.44. The Bertz CT molecular complexity index is 1010. The highest BCUT2D eigenvalue weighted by atomic mass is 19.1. The van der Waals surface area contributed by atoms with E-state index in [9.17, 15) is 23.3 Å². The van der Waals surface area contributed by atoms with Crippen LogP contribution in [-0.2, 0) is 6.54 Å². The molecule has 140 valence electrons. The topological polar surface area (TPSA) is 122 Å². The third kappa shape index (κ3) is 4.11. The second-order valence-corrected chi connectivity index (χ2v) is 5.44. The molecule has 0 amide bonds. The highest BCUT2D eigenvalue weighted by molar-refractivity contribution is 5.63. The molecule has 0 saturated heterocycles. The third-order valence-electron chi connectivity index (χ3n) is 3.41. The van der Waals surface area contributed by atoms with Crippen LogP contribution in [0.5, 0.6) is 0 Å². The van der Waals surface area contributed by atoms with Gasteiger partial charge in [0, 0.05) is 17.8 Å². The molecular formula is C15H12F3N7O2. The third-order valence-corrected chi connectivity index (χ3v) is 3.41. The SMILES string of the molecule is Cc1cc(Nc2nc(NCc3ncc(F)cc3F)c([N+](=O)[O-])cc2F)n[nH]1. The Kier molecular flexibility index (Phi) is 4.88. The predicted molar refractivity (Wildman–Crippen MR) is 88.9 cm³/mol. The Morgan fingerprint density at radius 2 is 1.96 bits per heavy atom. The van der Waals surface area contributed by atoms with Gasteiger partial charge >= 0.3 is 5.69 Å². The van der Waals surface area contributed by atoms with Crippen molar-refractivity contribution in [3.63, 3.8) is 0 Å². The zero-order valence-electron chi connectivity index (χ0n) is 13.8. The lowest BCUT2D eigenvalue weighted by Gasteiger charge is -2.10. The van der Waals surface area contributed by atoms with Crippen LogP contribution in [0.4, 0.5) is 36.3 Å². The molecule has 0 bridgehead atoms. The van der Waals surface area contributed by atoms with Crippen molar-refractivity contribution in [3.8, 4) is 0 Å². The van der Waals surface area contributed by atoms with Gasteiger partial charge in [-0.3, -0.25) is 20.2 Å². The molecule has 0 spiro atoms. The molecule has 0 aliphatic heterocycles. The second kappa shape index (κ2) is 7.27. The summed E-state index contributed by atoms with van der Waals surface area (Å²) in [4.78, 5) is 17.7. The highest BCUT2D eigenvalue weighted by Gasteiger charge is 2.21. The molecule has 0 aliphatic rings. The van der Waals surface area contributed by atoms with Crippen LogP contribution < -0.4 is 10.6 Å². The highest BCUT2D eigenvalue weighted by Crippen LogP contribution is 2.28. The van der Waals surface area contributed by atoms with E-state index in [0.717, 1.165) is 6.20 Å². The number of hydrogen-bond donors (Lipinski definition) is 3. The molecule has 3 rings (SSSR count). The van der Waals surface area contributed by atoms with Gasteiger partial charge < -0.3 is 10.6 Å². The average molecular weight is 379 g/mol. The minimum absolute atomic E-state index is 0.186. The molecule has 0 unspecified atom stereocenters. The number of nitro groups is 1. The first kappa shape index (κ1) is 18.1. The number of hydrogen-bond acceptors (Lipinski definition) is 7. The first-order valence-electron chi connectivity index (χ1n) is 7.51. The number of rotatable bonds is 6. The summed E-state index contributed by atoms with van der Waals surface area (Å²) in [5, 5.41) is 22.8. The van der Waals surface area contributed by atoms with Crippen molar-refractivity contribution in [2.24, 2.45) is 0 Å². The van der Waals surface area contributed by atoms with E-state index in [4.69, 9.17) is 0 Å². The maximum atomic E-state index is 14.1. The van der Waals surface area contributed by atoms with Crippen molar-refractivity contribution in [2.45, 2.75) is 13.5 Å². The molecule has 3 heterocycles. The van der Waals surface area contributed by atoms with E-state index in [2.05, 4.69) is 30.8 Å². The molecule has 9 nitrogen and oxygen atoms in total. The summed E-state index contributed by atoms with van der Waals surface area (Å²) in [5.41, 5.74) is -0.135. The van der Waals surface area contributed by atoms with Crippen molar-refractivity contribution in [1.82, 2.24) is 20.2 Å². The van der Waals surface area contributed by atoms with Crippen LogP contribution in [0.3, 0.4) is 0 Å². The lowest BCUT2D eigenvalue weighted by molar-refractivity contribution is -0.384. The fourth-order valence-electron chi connectivity index (χ4n) is 2.18. The van der Waals surface area contributed by atoms with Crippen LogP contribution in [0.1, 0.15) is 11.4 Å². The van der Waals surface area contributed by atoms with Crippen molar-refractivity contribution < 1.29 is 18.1 Å². The molecule has 0 saturated carbocycles. The molecule has 3 N–H and O–H groups in total. The molecule has 0 aliphatic carbocycles. The van der Waals surface area contributed by atoms with Crippen molar-refractivity contribution in [1.29, 1.82) is 0 Å². The van der Waals surface area contributed by atoms with Crippen LogP contribution in [0, 0.1) is 34.5 Å². The predicted octanol–water partition coefficient (Wildman–Crippen LogP) is 3.19. The summed E-state index contributed by atoms with van der Waals surface area (Å²) in [6.45, 7) is 1.40. The number of aryl methyl sites for hydroxylation is 1. The summed E-state index contributed by atoms with van der Waals surface area (Å²) < 4.78 is 40.7. The minimum atomic E-state index is -0.973. The van der Waals surface area contributed by atoms with E-state index in [1.165, 1.54) is 0 Å². The van der Waals surface area contributed by atoms with Gasteiger partial charge in [-0.15, -0.1) is 0 Å². The lowest BCUT2D eigenvalue weighted by Crippen LogP contribution is -2.10. The lowest BCUT2D eigenvalue weighted by atomic mass is 10.3. The standard InChI is InChI=1S/C15H12F3N7O2/c1-7-2-13(24-23-7)21-14-10(18)4-12(25(26)27)15(22-14)20-6-11-9(17)3-8(16)5-19-11/h2-5H,6H2,1H3,(H3,20,21,22,23,24). The molecule has 0 radical (unpaired) electrons. The molecule has 27 heavy (non-hydrogen) atoms. The Morgan fingerprint density at radius 3 is 2.59 bits per heavy atom. The van der Waals surface area contributed by atoms with E-state index >= 15 is 0 Å². The largest absolute Gasteiger partial charge is 0.359 e. The van der Waals surface area contributed by atoms with E-state index in [1.807, 2.05) is 0 Å². The van der Waals surface area contributed by atoms with Crippen molar-refractivity contribution in [2.75, 3.05) is 10.6 Å². The average Bonchev–Trinajstić information content (AvgIpc) is 3.01. The fraction of sp³-hybridized carbons (Fsp3) is 0.133. The van der Waals surface area contributed by atoms with Gasteiger partial charge in [0.25, 0.3) is 0 Å². The molecule has 0 fully saturated rings. The summed E-state index contributed by atoms with van der Waals surface area (Å²) in [5.74, 6) is -3.15. The van der Waals surface area contributed by atoms with Crippen molar-refractivity contribution >= 4 is 23.1 Å². The molecule has 12 heteroatoms. The Morgan fingerprint density at radius 1 is 1.19 bits per heavy atom. The van der Waals surface area contributed by atoms with E-state index in [1.54, 1.807) is 13.0 Å². The quantitative estimate of drug-likeness (QED) is 0.444. The number of halogens is 3. The number of nitrogens with one attached hydrogen (secondary N) is 3. The summed E-state index contributed by atoms with van der Waals surface area (Å²) in [7, 11) is 0. The van der Waals surface area contributed by atoms with E-state index < -0.39 is 28.1 Å². The zero-order chi connectivity index (χ0) is 19.6. The first-order valence-corrected chi connectivity index (χ1v) is 7.51. The molecule has 3 aromatic heterocycles. The Labute approximate surface area is 149 Å². The number of pyridine rings is 2. The van der Waals surface area contributed by atoms with Crippen LogP contribution in [-0.4, -0.2) is 25.1 Å². The number of aromatic nitrogens is 4. The Hall–Kier alpha value is -3.70. The van der Waals surface area contributed by atoms with Crippen LogP contribution in [0.2, 0.25) is 0 Å². The number of aromatic amines is 1. The van der Waals surface area contributed by atoms with Gasteiger partial charge in [0.2, 0.25) is 5.82 Å². The molecule has 0 atom stereocenters. The number of nitrogens with zero attached hydrogens (tertiary/aromatic N) is 4. The van der Waals surface area contributed by atoms with E-state index in [0.29, 0.717) is 17.8 Å². The summed E-state index contributed by atoms with van der Waals surface area (Å²) >= 11 is 0. The summed E-state index contributed by atoms with van der Waals surface area (Å²) in [6.07, 6.45) is 0.805. The molecule has 3 aromatic rings. The fourth-order valence-corrected chi connectivity index (χ4v) is 2.18. The number of H-pyrrole nitrogens is 1. The number of anilines is 3. The Balaban J connectivity index is 1.89. The molecule has 0 aromatic carbocycles. The van der Waals surface area contributed by atoms with Gasteiger partial charge in [-0.2, -0.15) is 5.10 Å². The van der Waals surface area contributed by atoms with Crippen LogP contribution in [0.25, 0.3) is 0 Å². The summed E-state index contributed by atoms with van der Waals surface area (Å²) in [6, 6.07) is 2.88. The zero-order valence-corrected chi connectivity index (χ0v) is 13.8. The van der Waals surface area contributed by atoms with Crippen LogP contribution >= 0.6 is 0 Å². The molecular weight excluding hydrogens is 367 g/mol. The maximum Gasteiger partial charge on any atom is 0.314 e. The normalized spacial score (nSPS) is 10.7. The monoisotopic (exact) mass is 379 g/mol. The first-order chi connectivity index (χ1) is 12.8. The minimum Gasteiger partial charge on any atom is -0.359 e. The van der Waals surface area contributed by atoms with Gasteiger partial charge in [0.1, 0.15) is 11.6 Å². The van der Waals surface area contributed by atoms with Gasteiger partial charge in [0.15, 0.2) is 17.5 Å². The maximum absolute atomic E-state index is 14.1. The van der Waals surface area contributed by atoms with Gasteiger partial charge in [-0.1, -0.05) is 0 Å². The van der Waals surface area contributed by atoms with Crippen LogP contribution in [0.15, 0.2) is 24.4 Å². The van der Waals surface area contributed by atoms with E-state index in [-0.39, 0.29) is 29.7 Å². The van der Waals surface area contributed by atoms with Gasteiger partial charge in [-0.05, 0) is 6.92 Å².